The first kappa shape index (κ1) is 17.4. The largest absolute Gasteiger partial charge is 0.491 e. The first-order chi connectivity index (χ1) is 10.3. The molecule has 6 nitrogen and oxygen atoms in total. The highest BCUT2D eigenvalue weighted by atomic mass is 16.5. The molecule has 0 radical (unpaired) electrons. The molecule has 6 heteroatoms. The van der Waals surface area contributed by atoms with Gasteiger partial charge >= 0.3 is 0 Å². The van der Waals surface area contributed by atoms with Crippen LogP contribution in [0.5, 0.6) is 5.75 Å². The van der Waals surface area contributed by atoms with Crippen LogP contribution in [0, 0.1) is 0 Å². The van der Waals surface area contributed by atoms with Crippen LogP contribution in [0.25, 0.3) is 0 Å². The van der Waals surface area contributed by atoms with E-state index in [9.17, 15) is 4.79 Å². The van der Waals surface area contributed by atoms with Crippen LogP contribution in [0.15, 0.2) is 24.3 Å². The SMILES string of the molecule is CCOCCOc1cccc(NC(=O)CNCCOC)c1. The monoisotopic (exact) mass is 296 g/mol. The van der Waals surface area contributed by atoms with E-state index in [-0.39, 0.29) is 12.5 Å². The Labute approximate surface area is 125 Å². The van der Waals surface area contributed by atoms with Gasteiger partial charge in [-0.2, -0.15) is 0 Å². The summed E-state index contributed by atoms with van der Waals surface area (Å²) in [5, 5.41) is 5.79. The first-order valence-electron chi connectivity index (χ1n) is 7.06. The van der Waals surface area contributed by atoms with Crippen LogP contribution in [0.1, 0.15) is 6.92 Å². The van der Waals surface area contributed by atoms with Gasteiger partial charge in [-0.3, -0.25) is 4.79 Å². The lowest BCUT2D eigenvalue weighted by molar-refractivity contribution is -0.115. The molecule has 0 aliphatic heterocycles. The fraction of sp³-hybridized carbons (Fsp3) is 0.533. The number of benzene rings is 1. The molecule has 21 heavy (non-hydrogen) atoms. The van der Waals surface area contributed by atoms with Gasteiger partial charge in [-0.1, -0.05) is 6.07 Å². The summed E-state index contributed by atoms with van der Waals surface area (Å²) < 4.78 is 15.6. The number of hydrogen-bond acceptors (Lipinski definition) is 5. The molecule has 0 aliphatic rings. The van der Waals surface area contributed by atoms with Gasteiger partial charge in [-0.15, -0.1) is 0 Å². The third kappa shape index (κ3) is 8.29. The van der Waals surface area contributed by atoms with Crippen LogP contribution in [0.2, 0.25) is 0 Å². The maximum atomic E-state index is 11.7. The van der Waals surface area contributed by atoms with Crippen LogP contribution in [0.4, 0.5) is 5.69 Å². The summed E-state index contributed by atoms with van der Waals surface area (Å²) in [6.07, 6.45) is 0. The Balaban J connectivity index is 2.32. The number of amides is 1. The summed E-state index contributed by atoms with van der Waals surface area (Å²) in [6, 6.07) is 7.30. The second kappa shape index (κ2) is 11.1. The number of carbonyl (C=O) groups excluding carboxylic acids is 1. The average Bonchev–Trinajstić information content (AvgIpc) is 2.49. The molecule has 0 atom stereocenters. The van der Waals surface area contributed by atoms with E-state index in [0.29, 0.717) is 44.4 Å². The van der Waals surface area contributed by atoms with Crippen molar-refractivity contribution < 1.29 is 19.0 Å². The van der Waals surface area contributed by atoms with Crippen molar-refractivity contribution >= 4 is 11.6 Å². The minimum Gasteiger partial charge on any atom is -0.491 e. The summed E-state index contributed by atoms with van der Waals surface area (Å²) in [6.45, 7) is 5.13. The lowest BCUT2D eigenvalue weighted by Gasteiger charge is -2.09. The van der Waals surface area contributed by atoms with Gasteiger partial charge < -0.3 is 24.8 Å². The molecular formula is C15H24N2O4. The number of anilines is 1. The highest BCUT2D eigenvalue weighted by Crippen LogP contribution is 2.17. The van der Waals surface area contributed by atoms with Gasteiger partial charge in [0.05, 0.1) is 19.8 Å². The second-order valence-corrected chi connectivity index (χ2v) is 4.29. The van der Waals surface area contributed by atoms with Crippen molar-refractivity contribution in [2.75, 3.05) is 51.9 Å². The molecule has 118 valence electrons. The van der Waals surface area contributed by atoms with E-state index in [2.05, 4.69) is 10.6 Å². The van der Waals surface area contributed by atoms with Gasteiger partial charge in [0, 0.05) is 32.0 Å². The van der Waals surface area contributed by atoms with Crippen LogP contribution in [0.3, 0.4) is 0 Å². The van der Waals surface area contributed by atoms with E-state index >= 15 is 0 Å². The highest BCUT2D eigenvalue weighted by molar-refractivity contribution is 5.92. The zero-order valence-electron chi connectivity index (χ0n) is 12.7. The Hall–Kier alpha value is -1.63. The van der Waals surface area contributed by atoms with Crippen molar-refractivity contribution in [3.05, 3.63) is 24.3 Å². The smallest absolute Gasteiger partial charge is 0.238 e. The molecule has 0 saturated carbocycles. The quantitative estimate of drug-likeness (QED) is 0.602. The Morgan fingerprint density at radius 1 is 1.24 bits per heavy atom. The van der Waals surface area contributed by atoms with E-state index in [1.165, 1.54) is 0 Å². The Bertz CT molecular complexity index is 412. The van der Waals surface area contributed by atoms with Crippen molar-refractivity contribution in [3.8, 4) is 5.75 Å². The van der Waals surface area contributed by atoms with E-state index in [0.717, 1.165) is 0 Å². The Morgan fingerprint density at radius 3 is 2.86 bits per heavy atom. The van der Waals surface area contributed by atoms with Crippen molar-refractivity contribution in [1.82, 2.24) is 5.32 Å². The zero-order valence-corrected chi connectivity index (χ0v) is 12.7. The molecule has 2 N–H and O–H groups in total. The maximum Gasteiger partial charge on any atom is 0.238 e. The predicted octanol–water partition coefficient (Wildman–Crippen LogP) is 1.28. The molecule has 0 spiro atoms. The average molecular weight is 296 g/mol. The van der Waals surface area contributed by atoms with Crippen LogP contribution >= 0.6 is 0 Å². The molecule has 0 heterocycles. The zero-order chi connectivity index (χ0) is 15.3. The molecule has 0 saturated heterocycles. The minimum absolute atomic E-state index is 0.0995. The second-order valence-electron chi connectivity index (χ2n) is 4.29. The van der Waals surface area contributed by atoms with Crippen molar-refractivity contribution in [3.63, 3.8) is 0 Å². The lowest BCUT2D eigenvalue weighted by Crippen LogP contribution is -2.30. The summed E-state index contributed by atoms with van der Waals surface area (Å²) >= 11 is 0. The molecule has 1 aromatic carbocycles. The molecule has 0 unspecified atom stereocenters. The summed E-state index contributed by atoms with van der Waals surface area (Å²) in [5.74, 6) is 0.609. The fourth-order valence-electron chi connectivity index (χ4n) is 1.61. The molecule has 0 fully saturated rings. The molecule has 0 bridgehead atoms. The normalized spacial score (nSPS) is 10.4. The van der Waals surface area contributed by atoms with Crippen LogP contribution < -0.4 is 15.4 Å². The van der Waals surface area contributed by atoms with E-state index in [1.54, 1.807) is 13.2 Å². The van der Waals surface area contributed by atoms with Crippen molar-refractivity contribution in [2.24, 2.45) is 0 Å². The number of rotatable bonds is 11. The topological polar surface area (TPSA) is 68.8 Å². The summed E-state index contributed by atoms with van der Waals surface area (Å²) in [7, 11) is 1.62. The van der Waals surface area contributed by atoms with Gasteiger partial charge in [0.25, 0.3) is 0 Å². The van der Waals surface area contributed by atoms with Crippen molar-refractivity contribution in [1.29, 1.82) is 0 Å². The maximum absolute atomic E-state index is 11.7. The number of nitrogens with one attached hydrogen (secondary N) is 2. The third-order valence-corrected chi connectivity index (χ3v) is 2.59. The molecular weight excluding hydrogens is 272 g/mol. The summed E-state index contributed by atoms with van der Waals surface area (Å²) in [5.41, 5.74) is 0.711. The van der Waals surface area contributed by atoms with Gasteiger partial charge in [0.2, 0.25) is 5.91 Å². The minimum atomic E-state index is -0.0995. The Morgan fingerprint density at radius 2 is 2.10 bits per heavy atom. The number of methoxy groups -OCH3 is 1. The fourth-order valence-corrected chi connectivity index (χ4v) is 1.61. The van der Waals surface area contributed by atoms with Gasteiger partial charge in [0.15, 0.2) is 0 Å². The number of ether oxygens (including phenoxy) is 3. The molecule has 0 aliphatic carbocycles. The highest BCUT2D eigenvalue weighted by Gasteiger charge is 2.03. The Kier molecular flexibility index (Phi) is 9.19. The number of hydrogen-bond donors (Lipinski definition) is 2. The standard InChI is InChI=1S/C15H24N2O4/c1-3-20-9-10-21-14-6-4-5-13(11-14)17-15(18)12-16-7-8-19-2/h4-6,11,16H,3,7-10,12H2,1-2H3,(H,17,18). The van der Waals surface area contributed by atoms with Crippen LogP contribution in [-0.2, 0) is 14.3 Å². The van der Waals surface area contributed by atoms with Gasteiger partial charge in [0.1, 0.15) is 12.4 Å². The van der Waals surface area contributed by atoms with E-state index < -0.39 is 0 Å². The molecule has 1 aromatic rings. The molecule has 1 amide bonds. The first-order valence-corrected chi connectivity index (χ1v) is 7.06. The predicted molar refractivity (Wildman–Crippen MR) is 81.8 cm³/mol. The lowest BCUT2D eigenvalue weighted by atomic mass is 10.3. The third-order valence-electron chi connectivity index (χ3n) is 2.59. The van der Waals surface area contributed by atoms with Gasteiger partial charge in [-0.05, 0) is 19.1 Å². The van der Waals surface area contributed by atoms with Crippen LogP contribution in [-0.4, -0.2) is 52.5 Å². The summed E-state index contributed by atoms with van der Waals surface area (Å²) in [4.78, 5) is 11.7. The van der Waals surface area contributed by atoms with Crippen molar-refractivity contribution in [2.45, 2.75) is 6.92 Å². The van der Waals surface area contributed by atoms with E-state index in [4.69, 9.17) is 14.2 Å². The number of carbonyl (C=O) groups is 1. The molecule has 0 aromatic heterocycles. The van der Waals surface area contributed by atoms with E-state index in [1.807, 2.05) is 25.1 Å². The van der Waals surface area contributed by atoms with Gasteiger partial charge in [-0.25, -0.2) is 0 Å². The molecule has 1 rings (SSSR count).